The predicted octanol–water partition coefficient (Wildman–Crippen LogP) is 0.727. The van der Waals surface area contributed by atoms with Gasteiger partial charge in [-0.05, 0) is 38.4 Å². The van der Waals surface area contributed by atoms with E-state index in [9.17, 15) is 16.8 Å². The Morgan fingerprint density at radius 2 is 1.96 bits per heavy atom. The maximum absolute atomic E-state index is 11.8. The van der Waals surface area contributed by atoms with Gasteiger partial charge in [-0.1, -0.05) is 13.3 Å². The van der Waals surface area contributed by atoms with Crippen LogP contribution in [0.4, 0.5) is 0 Å². The molecule has 2 aliphatic heterocycles. The fourth-order valence-corrected chi connectivity index (χ4v) is 7.55. The Balaban J connectivity index is 2.08. The molecule has 134 valence electrons. The van der Waals surface area contributed by atoms with E-state index in [0.717, 1.165) is 12.8 Å². The van der Waals surface area contributed by atoms with E-state index in [1.807, 2.05) is 11.8 Å². The first kappa shape index (κ1) is 18.9. The molecule has 0 aromatic carbocycles. The number of sulfone groups is 2. The van der Waals surface area contributed by atoms with E-state index in [1.54, 1.807) is 0 Å². The first-order valence-corrected chi connectivity index (χ1v) is 12.1. The van der Waals surface area contributed by atoms with Crippen molar-refractivity contribution in [2.75, 3.05) is 29.6 Å². The largest absolute Gasteiger partial charge is 0.356 e. The van der Waals surface area contributed by atoms with E-state index in [2.05, 4.69) is 12.2 Å². The van der Waals surface area contributed by atoms with Crippen LogP contribution in [0.5, 0.6) is 0 Å². The Morgan fingerprint density at radius 3 is 2.43 bits per heavy atom. The zero-order chi connectivity index (χ0) is 17.3. The molecule has 2 aliphatic rings. The Labute approximate surface area is 144 Å². The van der Waals surface area contributed by atoms with Crippen molar-refractivity contribution >= 4 is 37.0 Å². The second-order valence-corrected chi connectivity index (χ2v) is 11.7. The monoisotopic (exact) mass is 382 g/mol. The van der Waals surface area contributed by atoms with Crippen LogP contribution in [0, 0.1) is 0 Å². The minimum Gasteiger partial charge on any atom is -0.356 e. The Bertz CT molecular complexity index is 660. The maximum Gasteiger partial charge on any atom is 0.169 e. The zero-order valence-electron chi connectivity index (χ0n) is 13.7. The van der Waals surface area contributed by atoms with Gasteiger partial charge in [0, 0.05) is 12.6 Å². The van der Waals surface area contributed by atoms with Gasteiger partial charge in [0.1, 0.15) is 0 Å². The highest BCUT2D eigenvalue weighted by Crippen LogP contribution is 2.25. The Morgan fingerprint density at radius 1 is 1.26 bits per heavy atom. The molecule has 2 fully saturated rings. The van der Waals surface area contributed by atoms with Gasteiger partial charge in [0.05, 0.1) is 28.6 Å². The predicted molar refractivity (Wildman–Crippen MR) is 96.1 cm³/mol. The Hall–Kier alpha value is -0.410. The van der Waals surface area contributed by atoms with Crippen molar-refractivity contribution in [2.24, 2.45) is 0 Å². The third-order valence-electron chi connectivity index (χ3n) is 4.57. The van der Waals surface area contributed by atoms with E-state index >= 15 is 0 Å². The molecule has 0 radical (unpaired) electrons. The molecule has 0 amide bonds. The van der Waals surface area contributed by atoms with Crippen LogP contribution in [0.1, 0.15) is 39.5 Å². The van der Waals surface area contributed by atoms with Crippen molar-refractivity contribution in [3.63, 3.8) is 0 Å². The molecule has 2 heterocycles. The summed E-state index contributed by atoms with van der Waals surface area (Å²) >= 11 is 5.51. The summed E-state index contributed by atoms with van der Waals surface area (Å²) in [6.07, 6.45) is 3.03. The standard InChI is InChI=1S/C14H26N2O4S3/c1-3-4-7-16(12-5-8-22(17,18)10-12)13(21)15-14(2)6-9-23(19,20)11-14/h12H,3-11H2,1-2H3,(H,15,21)/t12-,14-/m1/s1. The summed E-state index contributed by atoms with van der Waals surface area (Å²) in [5.41, 5.74) is -0.558. The molecule has 0 saturated carbocycles. The lowest BCUT2D eigenvalue weighted by molar-refractivity contribution is 0.311. The number of hydrogen-bond acceptors (Lipinski definition) is 5. The highest BCUT2D eigenvalue weighted by atomic mass is 32.2. The summed E-state index contributed by atoms with van der Waals surface area (Å²) in [6, 6.07) is -0.104. The van der Waals surface area contributed by atoms with Crippen molar-refractivity contribution in [1.82, 2.24) is 10.2 Å². The number of unbranched alkanes of at least 4 members (excludes halogenated alkanes) is 1. The van der Waals surface area contributed by atoms with Gasteiger partial charge in [0.25, 0.3) is 0 Å². The van der Waals surface area contributed by atoms with Gasteiger partial charge in [-0.2, -0.15) is 0 Å². The van der Waals surface area contributed by atoms with Crippen LogP contribution in [0.25, 0.3) is 0 Å². The van der Waals surface area contributed by atoms with E-state index in [1.165, 1.54) is 0 Å². The maximum atomic E-state index is 11.8. The van der Waals surface area contributed by atoms with Gasteiger partial charge in [-0.15, -0.1) is 0 Å². The number of thiocarbonyl (C=S) groups is 1. The van der Waals surface area contributed by atoms with Gasteiger partial charge in [0.2, 0.25) is 0 Å². The summed E-state index contributed by atoms with van der Waals surface area (Å²) in [4.78, 5) is 1.96. The zero-order valence-corrected chi connectivity index (χ0v) is 16.2. The van der Waals surface area contributed by atoms with Crippen molar-refractivity contribution in [1.29, 1.82) is 0 Å². The molecule has 0 aliphatic carbocycles. The van der Waals surface area contributed by atoms with Gasteiger partial charge >= 0.3 is 0 Å². The second-order valence-electron chi connectivity index (χ2n) is 6.94. The number of nitrogens with zero attached hydrogens (tertiary/aromatic N) is 1. The first-order chi connectivity index (χ1) is 10.6. The van der Waals surface area contributed by atoms with Crippen LogP contribution in [0.2, 0.25) is 0 Å². The molecular formula is C14H26N2O4S3. The fraction of sp³-hybridized carbons (Fsp3) is 0.929. The van der Waals surface area contributed by atoms with Gasteiger partial charge in [-0.3, -0.25) is 0 Å². The number of rotatable bonds is 5. The molecule has 2 saturated heterocycles. The second kappa shape index (κ2) is 6.84. The highest BCUT2D eigenvalue weighted by molar-refractivity contribution is 7.92. The van der Waals surface area contributed by atoms with Crippen LogP contribution >= 0.6 is 12.2 Å². The smallest absolute Gasteiger partial charge is 0.169 e. The third kappa shape index (κ3) is 5.03. The quantitative estimate of drug-likeness (QED) is 0.702. The molecule has 23 heavy (non-hydrogen) atoms. The normalized spacial score (nSPS) is 31.8. The van der Waals surface area contributed by atoms with Crippen LogP contribution in [-0.2, 0) is 19.7 Å². The molecule has 0 aromatic heterocycles. The van der Waals surface area contributed by atoms with Gasteiger partial charge in [0.15, 0.2) is 24.8 Å². The lowest BCUT2D eigenvalue weighted by Gasteiger charge is -2.35. The summed E-state index contributed by atoms with van der Waals surface area (Å²) in [5.74, 6) is 0.582. The molecule has 0 bridgehead atoms. The molecule has 1 N–H and O–H groups in total. The van der Waals surface area contributed by atoms with Gasteiger partial charge in [-0.25, -0.2) is 16.8 Å². The van der Waals surface area contributed by atoms with Crippen LogP contribution in [0.3, 0.4) is 0 Å². The minimum atomic E-state index is -3.02. The SMILES string of the molecule is CCCCN(C(=S)N[C@]1(C)CCS(=O)(=O)C1)[C@@H]1CCS(=O)(=O)C1. The molecule has 6 nitrogen and oxygen atoms in total. The Kier molecular flexibility index (Phi) is 5.62. The van der Waals surface area contributed by atoms with Crippen LogP contribution in [0.15, 0.2) is 0 Å². The van der Waals surface area contributed by atoms with Gasteiger partial charge < -0.3 is 10.2 Å². The van der Waals surface area contributed by atoms with E-state index in [4.69, 9.17) is 12.2 Å². The lowest BCUT2D eigenvalue weighted by atomic mass is 10.0. The fourth-order valence-electron chi connectivity index (χ4n) is 3.24. The molecule has 0 spiro atoms. The topological polar surface area (TPSA) is 83.6 Å². The van der Waals surface area contributed by atoms with E-state index in [-0.39, 0.29) is 29.1 Å². The average molecular weight is 383 g/mol. The van der Waals surface area contributed by atoms with Crippen LogP contribution < -0.4 is 5.32 Å². The lowest BCUT2D eigenvalue weighted by Crippen LogP contribution is -2.55. The van der Waals surface area contributed by atoms with Crippen LogP contribution in [-0.4, -0.2) is 68.0 Å². The number of nitrogens with one attached hydrogen (secondary N) is 1. The third-order valence-corrected chi connectivity index (χ3v) is 8.56. The molecule has 9 heteroatoms. The first-order valence-electron chi connectivity index (χ1n) is 8.05. The molecular weight excluding hydrogens is 356 g/mol. The molecule has 2 rings (SSSR count). The van der Waals surface area contributed by atoms with E-state index in [0.29, 0.717) is 24.5 Å². The van der Waals surface area contributed by atoms with Crippen molar-refractivity contribution in [2.45, 2.75) is 51.1 Å². The summed E-state index contributed by atoms with van der Waals surface area (Å²) in [5, 5.41) is 3.69. The van der Waals surface area contributed by atoms with Crippen molar-refractivity contribution in [3.8, 4) is 0 Å². The van der Waals surface area contributed by atoms with Crippen molar-refractivity contribution in [3.05, 3.63) is 0 Å². The van der Waals surface area contributed by atoms with E-state index < -0.39 is 25.2 Å². The summed E-state index contributed by atoms with van der Waals surface area (Å²) in [7, 11) is -6.00. The molecule has 2 atom stereocenters. The average Bonchev–Trinajstić information content (AvgIpc) is 2.89. The summed E-state index contributed by atoms with van der Waals surface area (Å²) < 4.78 is 47.0. The molecule has 0 aromatic rings. The summed E-state index contributed by atoms with van der Waals surface area (Å²) in [6.45, 7) is 4.64. The minimum absolute atomic E-state index is 0.0741. The highest BCUT2D eigenvalue weighted by Gasteiger charge is 2.40. The molecule has 0 unspecified atom stereocenters. The number of hydrogen-bond donors (Lipinski definition) is 1. The van der Waals surface area contributed by atoms with Crippen molar-refractivity contribution < 1.29 is 16.8 Å².